The lowest BCUT2D eigenvalue weighted by Gasteiger charge is -2.08. The average Bonchev–Trinajstić information content (AvgIpc) is 2.58. The van der Waals surface area contributed by atoms with Crippen LogP contribution in [-0.4, -0.2) is 12.2 Å². The predicted octanol–water partition coefficient (Wildman–Crippen LogP) is 2.08. The monoisotopic (exact) mass is 326 g/mol. The molecule has 0 aliphatic carbocycles. The van der Waals surface area contributed by atoms with Gasteiger partial charge >= 0.3 is 5.63 Å². The molecule has 124 valence electrons. The van der Waals surface area contributed by atoms with Crippen molar-refractivity contribution in [1.82, 2.24) is 0 Å². The molecule has 3 aromatic rings. The molecule has 0 saturated heterocycles. The van der Waals surface area contributed by atoms with Crippen LogP contribution in [0.5, 0.6) is 11.5 Å². The maximum Gasteiger partial charge on any atom is 0.336 e. The third-order valence-corrected chi connectivity index (χ3v) is 4.10. The van der Waals surface area contributed by atoms with E-state index in [0.717, 1.165) is 28.8 Å². The topological polar surface area (TPSA) is 76.3 Å². The van der Waals surface area contributed by atoms with E-state index in [0.29, 0.717) is 17.7 Å². The summed E-state index contributed by atoms with van der Waals surface area (Å²) in [5, 5.41) is 12.8. The Kier molecular flexibility index (Phi) is 4.53. The Bertz CT molecular complexity index is 930. The third kappa shape index (κ3) is 3.26. The molecule has 2 aromatic carbocycles. The van der Waals surface area contributed by atoms with Gasteiger partial charge in [0.1, 0.15) is 30.2 Å². The Morgan fingerprint density at radius 2 is 2.00 bits per heavy atom. The van der Waals surface area contributed by atoms with Crippen molar-refractivity contribution in [2.45, 2.75) is 20.0 Å². The molecule has 0 radical (unpaired) electrons. The molecule has 0 saturated carbocycles. The second kappa shape index (κ2) is 6.76. The first-order chi connectivity index (χ1) is 11.6. The van der Waals surface area contributed by atoms with E-state index in [2.05, 4.69) is 5.32 Å². The van der Waals surface area contributed by atoms with Crippen molar-refractivity contribution in [3.63, 3.8) is 0 Å². The molecule has 0 amide bonds. The summed E-state index contributed by atoms with van der Waals surface area (Å²) < 4.78 is 10.5. The first kappa shape index (κ1) is 16.1. The van der Waals surface area contributed by atoms with Crippen LogP contribution in [0, 0.1) is 6.92 Å². The highest BCUT2D eigenvalue weighted by atomic mass is 16.5. The van der Waals surface area contributed by atoms with Crippen molar-refractivity contribution in [2.75, 3.05) is 7.11 Å². The smallest absolute Gasteiger partial charge is 0.336 e. The van der Waals surface area contributed by atoms with Gasteiger partial charge in [-0.05, 0) is 31.2 Å². The Hall–Kier alpha value is -2.79. The fourth-order valence-electron chi connectivity index (χ4n) is 2.78. The fourth-order valence-corrected chi connectivity index (χ4v) is 2.78. The average molecular weight is 326 g/mol. The molecule has 0 bridgehead atoms. The number of hydrogen-bond acceptors (Lipinski definition) is 4. The Balaban J connectivity index is 1.82. The number of rotatable bonds is 5. The van der Waals surface area contributed by atoms with E-state index in [-0.39, 0.29) is 5.75 Å². The minimum absolute atomic E-state index is 0.128. The van der Waals surface area contributed by atoms with Crippen LogP contribution in [0.25, 0.3) is 11.0 Å². The zero-order valence-electron chi connectivity index (χ0n) is 13.7. The highest BCUT2D eigenvalue weighted by molar-refractivity contribution is 5.84. The quantitative estimate of drug-likeness (QED) is 0.704. The number of benzene rings is 2. The lowest BCUT2D eigenvalue weighted by Crippen LogP contribution is -2.80. The number of methoxy groups -OCH3 is 1. The van der Waals surface area contributed by atoms with Gasteiger partial charge in [0.2, 0.25) is 0 Å². The highest BCUT2D eigenvalue weighted by Gasteiger charge is 2.11. The van der Waals surface area contributed by atoms with E-state index in [4.69, 9.17) is 9.15 Å². The summed E-state index contributed by atoms with van der Waals surface area (Å²) in [6, 6.07) is 12.8. The van der Waals surface area contributed by atoms with Crippen LogP contribution < -0.4 is 15.7 Å². The molecule has 0 aliphatic heterocycles. The van der Waals surface area contributed by atoms with Crippen molar-refractivity contribution in [1.29, 1.82) is 0 Å². The van der Waals surface area contributed by atoms with Crippen LogP contribution in [0.1, 0.15) is 16.7 Å². The molecule has 5 heteroatoms. The van der Waals surface area contributed by atoms with Gasteiger partial charge in [-0.2, -0.15) is 0 Å². The number of fused-ring (bicyclic) bond motifs is 1. The van der Waals surface area contributed by atoms with Crippen molar-refractivity contribution >= 4 is 11.0 Å². The Morgan fingerprint density at radius 3 is 2.79 bits per heavy atom. The lowest BCUT2D eigenvalue weighted by molar-refractivity contribution is -0.686. The zero-order chi connectivity index (χ0) is 17.1. The van der Waals surface area contributed by atoms with Gasteiger partial charge in [-0.3, -0.25) is 0 Å². The standard InChI is InChI=1S/C19H19NO4/c1-12-17(21)7-6-16-14(9-18(22)24-19(12)16)11-20-10-13-4-3-5-15(8-13)23-2/h3-9,20-21H,10-11H2,1-2H3/p+1. The van der Waals surface area contributed by atoms with Crippen molar-refractivity contribution in [2.24, 2.45) is 0 Å². The minimum Gasteiger partial charge on any atom is -0.508 e. The molecule has 0 unspecified atom stereocenters. The van der Waals surface area contributed by atoms with Crippen molar-refractivity contribution in [3.05, 3.63) is 69.6 Å². The zero-order valence-corrected chi connectivity index (χ0v) is 13.7. The van der Waals surface area contributed by atoms with Gasteiger partial charge in [-0.1, -0.05) is 12.1 Å². The summed E-state index contributed by atoms with van der Waals surface area (Å²) in [7, 11) is 1.65. The Labute approximate surface area is 139 Å². The van der Waals surface area contributed by atoms with E-state index in [1.54, 1.807) is 26.2 Å². The van der Waals surface area contributed by atoms with E-state index in [1.165, 1.54) is 6.07 Å². The molecule has 0 spiro atoms. The first-order valence-electron chi connectivity index (χ1n) is 7.78. The van der Waals surface area contributed by atoms with E-state index in [1.807, 2.05) is 24.3 Å². The predicted molar refractivity (Wildman–Crippen MR) is 91.2 cm³/mol. The van der Waals surface area contributed by atoms with E-state index >= 15 is 0 Å². The van der Waals surface area contributed by atoms with Crippen LogP contribution in [0.3, 0.4) is 0 Å². The number of quaternary nitrogens is 1. The fraction of sp³-hybridized carbons (Fsp3) is 0.211. The van der Waals surface area contributed by atoms with Gasteiger partial charge in [0, 0.05) is 28.1 Å². The third-order valence-electron chi connectivity index (χ3n) is 4.10. The number of aryl methyl sites for hydroxylation is 1. The molecule has 3 rings (SSSR count). The van der Waals surface area contributed by atoms with Crippen LogP contribution in [-0.2, 0) is 13.1 Å². The van der Waals surface area contributed by atoms with Gasteiger partial charge in [-0.25, -0.2) is 4.79 Å². The molecular formula is C19H20NO4+. The highest BCUT2D eigenvalue weighted by Crippen LogP contribution is 2.26. The molecule has 5 nitrogen and oxygen atoms in total. The van der Waals surface area contributed by atoms with E-state index < -0.39 is 5.63 Å². The SMILES string of the molecule is COc1cccc(C[NH2+]Cc2cc(=O)oc3c(C)c(O)ccc23)c1. The number of aromatic hydroxyl groups is 1. The maximum absolute atomic E-state index is 11.8. The summed E-state index contributed by atoms with van der Waals surface area (Å²) in [5.74, 6) is 0.959. The van der Waals surface area contributed by atoms with Crippen LogP contribution >= 0.6 is 0 Å². The molecular weight excluding hydrogens is 306 g/mol. The molecule has 1 aromatic heterocycles. The second-order valence-corrected chi connectivity index (χ2v) is 5.73. The van der Waals surface area contributed by atoms with Crippen LogP contribution in [0.4, 0.5) is 0 Å². The molecule has 0 fully saturated rings. The number of phenolic OH excluding ortho intramolecular Hbond substituents is 1. The van der Waals surface area contributed by atoms with Gasteiger partial charge in [0.15, 0.2) is 0 Å². The summed E-state index contributed by atoms with van der Waals surface area (Å²) in [6.07, 6.45) is 0. The largest absolute Gasteiger partial charge is 0.508 e. The lowest BCUT2D eigenvalue weighted by atomic mass is 10.1. The molecule has 3 N–H and O–H groups in total. The van der Waals surface area contributed by atoms with Gasteiger partial charge in [0.05, 0.1) is 7.11 Å². The van der Waals surface area contributed by atoms with Crippen LogP contribution in [0.15, 0.2) is 51.7 Å². The minimum atomic E-state index is -0.402. The van der Waals surface area contributed by atoms with E-state index in [9.17, 15) is 9.90 Å². The van der Waals surface area contributed by atoms with Crippen molar-refractivity contribution in [3.8, 4) is 11.5 Å². The number of phenols is 1. The first-order valence-corrected chi connectivity index (χ1v) is 7.78. The van der Waals surface area contributed by atoms with Gasteiger partial charge in [0.25, 0.3) is 0 Å². The molecule has 1 heterocycles. The number of nitrogens with two attached hydrogens (primary N) is 1. The van der Waals surface area contributed by atoms with Crippen molar-refractivity contribution < 1.29 is 19.6 Å². The van der Waals surface area contributed by atoms with Gasteiger partial charge < -0.3 is 19.6 Å². The summed E-state index contributed by atoms with van der Waals surface area (Å²) >= 11 is 0. The van der Waals surface area contributed by atoms with Crippen LogP contribution in [0.2, 0.25) is 0 Å². The number of hydrogen-bond donors (Lipinski definition) is 2. The number of ether oxygens (including phenoxy) is 1. The molecule has 0 aliphatic rings. The molecule has 0 atom stereocenters. The maximum atomic E-state index is 11.8. The Morgan fingerprint density at radius 1 is 1.17 bits per heavy atom. The normalized spacial score (nSPS) is 10.9. The molecule has 24 heavy (non-hydrogen) atoms. The van der Waals surface area contributed by atoms with Gasteiger partial charge in [-0.15, -0.1) is 0 Å². The second-order valence-electron chi connectivity index (χ2n) is 5.73. The summed E-state index contributed by atoms with van der Waals surface area (Å²) in [5.41, 5.74) is 2.68. The summed E-state index contributed by atoms with van der Waals surface area (Å²) in [4.78, 5) is 11.8. The summed E-state index contributed by atoms with van der Waals surface area (Å²) in [6.45, 7) is 3.16.